The Kier molecular flexibility index (Phi) is 4.55. The Morgan fingerprint density at radius 3 is 2.71 bits per heavy atom. The summed E-state index contributed by atoms with van der Waals surface area (Å²) in [7, 11) is 0. The minimum atomic E-state index is -0.464. The molecular weight excluding hydrogens is 268 g/mol. The Morgan fingerprint density at radius 2 is 2.05 bits per heavy atom. The molecule has 0 bridgehead atoms. The second kappa shape index (κ2) is 6.20. The molecule has 6 heteroatoms. The molecule has 0 aliphatic carbocycles. The van der Waals surface area contributed by atoms with Crippen molar-refractivity contribution in [1.29, 1.82) is 0 Å². The standard InChI is InChI=1S/C15H24N4O2/c1-15(2,3)21-14(20)19-9-5-8-18(10-11-19)13-12(16)6-4-7-17-13/h4,6-7H,5,8-11,16H2,1-3H3. The fraction of sp³-hybridized carbons (Fsp3) is 0.600. The molecule has 1 fully saturated rings. The van der Waals surface area contributed by atoms with E-state index in [9.17, 15) is 4.79 Å². The second-order valence-corrected chi connectivity index (χ2v) is 6.22. The summed E-state index contributed by atoms with van der Waals surface area (Å²) >= 11 is 0. The monoisotopic (exact) mass is 292 g/mol. The molecule has 0 atom stereocenters. The zero-order valence-corrected chi connectivity index (χ0v) is 13.0. The number of nitrogen functional groups attached to an aromatic ring is 1. The van der Waals surface area contributed by atoms with Crippen LogP contribution in [0.4, 0.5) is 16.3 Å². The molecule has 1 aliphatic rings. The van der Waals surface area contributed by atoms with E-state index < -0.39 is 5.60 Å². The first-order chi connectivity index (χ1) is 9.87. The molecule has 1 amide bonds. The van der Waals surface area contributed by atoms with Crippen LogP contribution in [0.3, 0.4) is 0 Å². The van der Waals surface area contributed by atoms with Crippen molar-refractivity contribution in [2.24, 2.45) is 0 Å². The van der Waals surface area contributed by atoms with Crippen molar-refractivity contribution in [1.82, 2.24) is 9.88 Å². The van der Waals surface area contributed by atoms with Crippen molar-refractivity contribution in [3.63, 3.8) is 0 Å². The van der Waals surface area contributed by atoms with Gasteiger partial charge in [-0.05, 0) is 39.3 Å². The third-order valence-electron chi connectivity index (χ3n) is 3.26. The number of rotatable bonds is 1. The Morgan fingerprint density at radius 1 is 1.29 bits per heavy atom. The predicted molar refractivity (Wildman–Crippen MR) is 83.3 cm³/mol. The lowest BCUT2D eigenvalue weighted by Crippen LogP contribution is -2.39. The molecule has 2 N–H and O–H groups in total. The maximum atomic E-state index is 12.1. The number of nitrogens with zero attached hydrogens (tertiary/aromatic N) is 3. The molecule has 0 aromatic carbocycles. The van der Waals surface area contributed by atoms with Gasteiger partial charge in [-0.25, -0.2) is 9.78 Å². The van der Waals surface area contributed by atoms with E-state index in [4.69, 9.17) is 10.5 Å². The van der Waals surface area contributed by atoms with Crippen molar-refractivity contribution in [2.75, 3.05) is 36.8 Å². The number of hydrogen-bond donors (Lipinski definition) is 1. The Balaban J connectivity index is 1.99. The average molecular weight is 292 g/mol. The molecule has 2 heterocycles. The van der Waals surface area contributed by atoms with E-state index in [0.29, 0.717) is 25.3 Å². The molecule has 6 nitrogen and oxygen atoms in total. The molecule has 0 unspecified atom stereocenters. The van der Waals surface area contributed by atoms with Gasteiger partial charge < -0.3 is 20.3 Å². The lowest BCUT2D eigenvalue weighted by molar-refractivity contribution is 0.0263. The summed E-state index contributed by atoms with van der Waals surface area (Å²) < 4.78 is 5.43. The zero-order chi connectivity index (χ0) is 15.5. The molecule has 1 aromatic rings. The summed E-state index contributed by atoms with van der Waals surface area (Å²) in [5.41, 5.74) is 6.18. The van der Waals surface area contributed by atoms with Crippen LogP contribution in [0.25, 0.3) is 0 Å². The van der Waals surface area contributed by atoms with E-state index in [1.54, 1.807) is 11.1 Å². The van der Waals surface area contributed by atoms with Gasteiger partial charge in [0.15, 0.2) is 5.82 Å². The lowest BCUT2D eigenvalue weighted by Gasteiger charge is -2.26. The highest BCUT2D eigenvalue weighted by Gasteiger charge is 2.25. The van der Waals surface area contributed by atoms with Gasteiger partial charge in [-0.1, -0.05) is 0 Å². The molecule has 1 saturated heterocycles. The van der Waals surface area contributed by atoms with Crippen LogP contribution in [-0.4, -0.2) is 47.8 Å². The molecule has 0 spiro atoms. The second-order valence-electron chi connectivity index (χ2n) is 6.22. The summed E-state index contributed by atoms with van der Waals surface area (Å²) in [5, 5.41) is 0. The van der Waals surface area contributed by atoms with Crippen LogP contribution in [0.2, 0.25) is 0 Å². The van der Waals surface area contributed by atoms with E-state index in [1.165, 1.54) is 0 Å². The minimum Gasteiger partial charge on any atom is -0.444 e. The highest BCUT2D eigenvalue weighted by atomic mass is 16.6. The Hall–Kier alpha value is -1.98. The van der Waals surface area contributed by atoms with Crippen molar-refractivity contribution >= 4 is 17.6 Å². The molecule has 116 valence electrons. The highest BCUT2D eigenvalue weighted by molar-refractivity contribution is 5.68. The first-order valence-electron chi connectivity index (χ1n) is 7.30. The lowest BCUT2D eigenvalue weighted by atomic mass is 10.2. The fourth-order valence-electron chi connectivity index (χ4n) is 2.31. The number of anilines is 2. The Labute approximate surface area is 125 Å². The van der Waals surface area contributed by atoms with Crippen LogP contribution < -0.4 is 10.6 Å². The van der Waals surface area contributed by atoms with Gasteiger partial charge in [0.2, 0.25) is 0 Å². The number of amides is 1. The first-order valence-corrected chi connectivity index (χ1v) is 7.30. The predicted octanol–water partition coefficient (Wildman–Crippen LogP) is 2.11. The minimum absolute atomic E-state index is 0.252. The summed E-state index contributed by atoms with van der Waals surface area (Å²) in [4.78, 5) is 20.3. The maximum Gasteiger partial charge on any atom is 0.410 e. The summed E-state index contributed by atoms with van der Waals surface area (Å²) in [6.45, 7) is 8.49. The number of aromatic nitrogens is 1. The van der Waals surface area contributed by atoms with Crippen LogP contribution in [0.5, 0.6) is 0 Å². The SMILES string of the molecule is CC(C)(C)OC(=O)N1CCCN(c2ncccc2N)CC1. The average Bonchev–Trinajstić information content (AvgIpc) is 2.63. The van der Waals surface area contributed by atoms with Gasteiger partial charge in [0.1, 0.15) is 5.60 Å². The van der Waals surface area contributed by atoms with Gasteiger partial charge >= 0.3 is 6.09 Å². The summed E-state index contributed by atoms with van der Waals surface area (Å²) in [6.07, 6.45) is 2.36. The van der Waals surface area contributed by atoms with Crippen LogP contribution in [0, 0.1) is 0 Å². The molecule has 2 rings (SSSR count). The highest BCUT2D eigenvalue weighted by Crippen LogP contribution is 2.21. The smallest absolute Gasteiger partial charge is 0.410 e. The number of pyridine rings is 1. The number of hydrogen-bond acceptors (Lipinski definition) is 5. The van der Waals surface area contributed by atoms with E-state index >= 15 is 0 Å². The van der Waals surface area contributed by atoms with Crippen molar-refractivity contribution < 1.29 is 9.53 Å². The van der Waals surface area contributed by atoms with Gasteiger partial charge in [0, 0.05) is 32.4 Å². The van der Waals surface area contributed by atoms with E-state index in [-0.39, 0.29) is 6.09 Å². The van der Waals surface area contributed by atoms with Crippen LogP contribution in [-0.2, 0) is 4.74 Å². The Bertz CT molecular complexity index is 499. The van der Waals surface area contributed by atoms with Gasteiger partial charge in [0.25, 0.3) is 0 Å². The number of ether oxygens (including phenoxy) is 1. The molecule has 1 aliphatic heterocycles. The van der Waals surface area contributed by atoms with Crippen molar-refractivity contribution in [3.8, 4) is 0 Å². The van der Waals surface area contributed by atoms with Gasteiger partial charge in [0.05, 0.1) is 5.69 Å². The number of carbonyl (C=O) groups excluding carboxylic acids is 1. The zero-order valence-electron chi connectivity index (χ0n) is 13.0. The van der Waals surface area contributed by atoms with Gasteiger partial charge in [-0.3, -0.25) is 0 Å². The quantitative estimate of drug-likeness (QED) is 0.858. The fourth-order valence-corrected chi connectivity index (χ4v) is 2.31. The summed E-state index contributed by atoms with van der Waals surface area (Å²) in [5.74, 6) is 0.795. The van der Waals surface area contributed by atoms with Crippen LogP contribution >= 0.6 is 0 Å². The van der Waals surface area contributed by atoms with Crippen LogP contribution in [0.15, 0.2) is 18.3 Å². The van der Waals surface area contributed by atoms with Gasteiger partial charge in [-0.15, -0.1) is 0 Å². The first kappa shape index (κ1) is 15.4. The summed E-state index contributed by atoms with van der Waals surface area (Å²) in [6, 6.07) is 3.67. The largest absolute Gasteiger partial charge is 0.444 e. The third kappa shape index (κ3) is 4.24. The van der Waals surface area contributed by atoms with E-state index in [0.717, 1.165) is 18.8 Å². The topological polar surface area (TPSA) is 71.7 Å². The van der Waals surface area contributed by atoms with E-state index in [1.807, 2.05) is 32.9 Å². The van der Waals surface area contributed by atoms with Crippen molar-refractivity contribution in [3.05, 3.63) is 18.3 Å². The molecular formula is C15H24N4O2. The van der Waals surface area contributed by atoms with E-state index in [2.05, 4.69) is 9.88 Å². The number of nitrogens with two attached hydrogens (primary N) is 1. The van der Waals surface area contributed by atoms with Crippen LogP contribution in [0.1, 0.15) is 27.2 Å². The maximum absolute atomic E-state index is 12.1. The molecule has 1 aromatic heterocycles. The van der Waals surface area contributed by atoms with Gasteiger partial charge in [-0.2, -0.15) is 0 Å². The molecule has 21 heavy (non-hydrogen) atoms. The van der Waals surface area contributed by atoms with Crippen molar-refractivity contribution in [2.45, 2.75) is 32.8 Å². The normalized spacial score (nSPS) is 16.5. The molecule has 0 radical (unpaired) electrons. The number of carbonyl (C=O) groups is 1. The molecule has 0 saturated carbocycles. The third-order valence-corrected chi connectivity index (χ3v) is 3.26.